The van der Waals surface area contributed by atoms with Crippen molar-refractivity contribution in [1.82, 2.24) is 9.47 Å². The van der Waals surface area contributed by atoms with Gasteiger partial charge in [0, 0.05) is 25.8 Å². The SMILES string of the molecule is Cn1c(C(=O)N2CCC[C@@H](C(=O)O)C2)ccc1-c1ccc(F)cc1. The molecule has 1 aliphatic rings. The zero-order valence-electron chi connectivity index (χ0n) is 13.4. The third-order valence-corrected chi connectivity index (χ3v) is 4.54. The summed E-state index contributed by atoms with van der Waals surface area (Å²) in [6.07, 6.45) is 1.30. The highest BCUT2D eigenvalue weighted by Crippen LogP contribution is 2.24. The molecule has 6 heteroatoms. The predicted octanol–water partition coefficient (Wildman–Crippen LogP) is 2.77. The van der Waals surface area contributed by atoms with Crippen LogP contribution in [0, 0.1) is 11.7 Å². The summed E-state index contributed by atoms with van der Waals surface area (Å²) < 4.78 is 14.8. The van der Waals surface area contributed by atoms with Gasteiger partial charge in [0.25, 0.3) is 5.91 Å². The number of rotatable bonds is 3. The van der Waals surface area contributed by atoms with Crippen molar-refractivity contribution in [1.29, 1.82) is 0 Å². The van der Waals surface area contributed by atoms with Gasteiger partial charge in [0.2, 0.25) is 0 Å². The van der Waals surface area contributed by atoms with Crippen LogP contribution in [0.15, 0.2) is 36.4 Å². The Labute approximate surface area is 139 Å². The normalized spacial score (nSPS) is 17.8. The van der Waals surface area contributed by atoms with Gasteiger partial charge in [-0.25, -0.2) is 4.39 Å². The van der Waals surface area contributed by atoms with Crippen LogP contribution in [0.1, 0.15) is 23.3 Å². The molecule has 0 unspecified atom stereocenters. The first kappa shape index (κ1) is 16.2. The summed E-state index contributed by atoms with van der Waals surface area (Å²) in [4.78, 5) is 25.5. The molecule has 0 radical (unpaired) electrons. The molecule has 0 saturated carbocycles. The summed E-state index contributed by atoms with van der Waals surface area (Å²) >= 11 is 0. The van der Waals surface area contributed by atoms with Crippen LogP contribution in [-0.2, 0) is 11.8 Å². The summed E-state index contributed by atoms with van der Waals surface area (Å²) in [5.74, 6) is -1.83. The van der Waals surface area contributed by atoms with Gasteiger partial charge in [0.1, 0.15) is 11.5 Å². The maximum absolute atomic E-state index is 13.1. The topological polar surface area (TPSA) is 62.5 Å². The number of halogens is 1. The average molecular weight is 330 g/mol. The lowest BCUT2D eigenvalue weighted by atomic mass is 9.98. The number of benzene rings is 1. The highest BCUT2D eigenvalue weighted by atomic mass is 19.1. The number of hydrogen-bond acceptors (Lipinski definition) is 2. The second kappa shape index (κ2) is 6.47. The first-order valence-corrected chi connectivity index (χ1v) is 7.91. The van der Waals surface area contributed by atoms with E-state index < -0.39 is 11.9 Å². The van der Waals surface area contributed by atoms with Gasteiger partial charge in [-0.2, -0.15) is 0 Å². The van der Waals surface area contributed by atoms with Gasteiger partial charge in [-0.15, -0.1) is 0 Å². The quantitative estimate of drug-likeness (QED) is 0.941. The van der Waals surface area contributed by atoms with Gasteiger partial charge in [-0.1, -0.05) is 0 Å². The minimum atomic E-state index is -0.855. The van der Waals surface area contributed by atoms with Crippen LogP contribution in [0.3, 0.4) is 0 Å². The van der Waals surface area contributed by atoms with Gasteiger partial charge in [-0.05, 0) is 54.8 Å². The number of carbonyl (C=O) groups excluding carboxylic acids is 1. The molecule has 1 aliphatic heterocycles. The Morgan fingerprint density at radius 1 is 1.17 bits per heavy atom. The van der Waals surface area contributed by atoms with E-state index in [1.54, 1.807) is 34.7 Å². The number of piperidine rings is 1. The van der Waals surface area contributed by atoms with Gasteiger partial charge >= 0.3 is 5.97 Å². The van der Waals surface area contributed by atoms with E-state index in [-0.39, 0.29) is 18.3 Å². The third kappa shape index (κ3) is 3.04. The van der Waals surface area contributed by atoms with Crippen LogP contribution in [0.25, 0.3) is 11.3 Å². The Morgan fingerprint density at radius 2 is 1.88 bits per heavy atom. The maximum Gasteiger partial charge on any atom is 0.308 e. The molecule has 1 fully saturated rings. The van der Waals surface area contributed by atoms with Crippen LogP contribution in [0.4, 0.5) is 4.39 Å². The predicted molar refractivity (Wildman–Crippen MR) is 87.1 cm³/mol. The summed E-state index contributed by atoms with van der Waals surface area (Å²) in [5, 5.41) is 9.16. The van der Waals surface area contributed by atoms with Gasteiger partial charge in [0.05, 0.1) is 5.92 Å². The zero-order chi connectivity index (χ0) is 17.3. The Morgan fingerprint density at radius 3 is 2.54 bits per heavy atom. The second-order valence-electron chi connectivity index (χ2n) is 6.10. The molecule has 5 nitrogen and oxygen atoms in total. The minimum absolute atomic E-state index is 0.170. The van der Waals surface area contributed by atoms with Crippen molar-refractivity contribution in [2.75, 3.05) is 13.1 Å². The maximum atomic E-state index is 13.1. The summed E-state index contributed by atoms with van der Waals surface area (Å²) in [6, 6.07) is 9.64. The summed E-state index contributed by atoms with van der Waals surface area (Å²) in [7, 11) is 1.78. The average Bonchev–Trinajstić information content (AvgIpc) is 2.96. The van der Waals surface area contributed by atoms with Crippen LogP contribution >= 0.6 is 0 Å². The van der Waals surface area contributed by atoms with Crippen molar-refractivity contribution in [3.8, 4) is 11.3 Å². The first-order valence-electron chi connectivity index (χ1n) is 7.91. The lowest BCUT2D eigenvalue weighted by Crippen LogP contribution is -2.42. The van der Waals surface area contributed by atoms with E-state index in [4.69, 9.17) is 5.11 Å². The van der Waals surface area contributed by atoms with Crippen LogP contribution in [0.5, 0.6) is 0 Å². The Balaban J connectivity index is 1.83. The standard InChI is InChI=1S/C18H19FN2O3/c1-20-15(12-4-6-14(19)7-5-12)8-9-16(20)17(22)21-10-2-3-13(11-21)18(23)24/h4-9,13H,2-3,10-11H2,1H3,(H,23,24)/t13-/m1/s1. The number of hydrogen-bond donors (Lipinski definition) is 1. The third-order valence-electron chi connectivity index (χ3n) is 4.54. The van der Waals surface area contributed by atoms with Gasteiger partial charge in [-0.3, -0.25) is 9.59 Å². The van der Waals surface area contributed by atoms with Crippen LogP contribution in [0.2, 0.25) is 0 Å². The monoisotopic (exact) mass is 330 g/mol. The van der Waals surface area contributed by atoms with E-state index in [9.17, 15) is 14.0 Å². The fourth-order valence-corrected chi connectivity index (χ4v) is 3.16. The smallest absolute Gasteiger partial charge is 0.308 e. The molecular formula is C18H19FN2O3. The van der Waals surface area contributed by atoms with E-state index >= 15 is 0 Å². The molecule has 0 spiro atoms. The number of amides is 1. The van der Waals surface area contributed by atoms with Gasteiger partial charge < -0.3 is 14.6 Å². The molecule has 3 rings (SSSR count). The Kier molecular flexibility index (Phi) is 4.38. The molecule has 2 aromatic rings. The molecule has 1 aromatic heterocycles. The highest BCUT2D eigenvalue weighted by Gasteiger charge is 2.29. The number of nitrogens with zero attached hydrogens (tertiary/aromatic N) is 2. The number of carbonyl (C=O) groups is 2. The fraction of sp³-hybridized carbons (Fsp3) is 0.333. The van der Waals surface area contributed by atoms with Gasteiger partial charge in [0.15, 0.2) is 0 Å². The molecule has 1 aromatic carbocycles. The lowest BCUT2D eigenvalue weighted by molar-refractivity contribution is -0.143. The van der Waals surface area contributed by atoms with Crippen molar-refractivity contribution < 1.29 is 19.1 Å². The largest absolute Gasteiger partial charge is 0.481 e. The lowest BCUT2D eigenvalue weighted by Gasteiger charge is -2.30. The summed E-state index contributed by atoms with van der Waals surface area (Å²) in [6.45, 7) is 0.810. The molecule has 126 valence electrons. The van der Waals surface area contributed by atoms with Crippen molar-refractivity contribution in [3.63, 3.8) is 0 Å². The molecule has 0 bridgehead atoms. The van der Waals surface area contributed by atoms with Crippen molar-refractivity contribution >= 4 is 11.9 Å². The Hall–Kier alpha value is -2.63. The van der Waals surface area contributed by atoms with E-state index in [2.05, 4.69) is 0 Å². The second-order valence-corrected chi connectivity index (χ2v) is 6.10. The molecule has 0 aliphatic carbocycles. The molecule has 1 amide bonds. The molecule has 24 heavy (non-hydrogen) atoms. The number of carboxylic acids is 1. The highest BCUT2D eigenvalue weighted by molar-refractivity contribution is 5.94. The van der Waals surface area contributed by atoms with Crippen molar-refractivity contribution in [2.24, 2.45) is 13.0 Å². The molecule has 1 N–H and O–H groups in total. The number of aliphatic carboxylic acids is 1. The van der Waals surface area contributed by atoms with Crippen LogP contribution in [-0.4, -0.2) is 39.5 Å². The molecular weight excluding hydrogens is 311 g/mol. The molecule has 1 saturated heterocycles. The van der Waals surface area contributed by atoms with Crippen molar-refractivity contribution in [3.05, 3.63) is 47.9 Å². The number of likely N-dealkylation sites (tertiary alicyclic amines) is 1. The van der Waals surface area contributed by atoms with Crippen molar-refractivity contribution in [2.45, 2.75) is 12.8 Å². The van der Waals surface area contributed by atoms with E-state index in [0.29, 0.717) is 25.1 Å². The minimum Gasteiger partial charge on any atom is -0.481 e. The van der Waals surface area contributed by atoms with Crippen LogP contribution < -0.4 is 0 Å². The fourth-order valence-electron chi connectivity index (χ4n) is 3.16. The summed E-state index contributed by atoms with van der Waals surface area (Å²) in [5.41, 5.74) is 2.13. The van der Waals surface area contributed by atoms with E-state index in [1.807, 2.05) is 6.07 Å². The number of aromatic nitrogens is 1. The molecule has 1 atom stereocenters. The molecule has 2 heterocycles. The number of carboxylic acid groups (broad SMARTS) is 1. The van der Waals surface area contributed by atoms with E-state index in [0.717, 1.165) is 11.3 Å². The Bertz CT molecular complexity index is 767. The zero-order valence-corrected chi connectivity index (χ0v) is 13.4. The van der Waals surface area contributed by atoms with E-state index in [1.165, 1.54) is 12.1 Å². The first-order chi connectivity index (χ1) is 11.5.